The SMILES string of the molecule is CC(C)(C)c1cc(C=N)cc(C(C)(C)C)c1O.Nc1ccc(F)cc1. The summed E-state index contributed by atoms with van der Waals surface area (Å²) in [5.41, 5.74) is 8.26. The molecule has 0 saturated carbocycles. The van der Waals surface area contributed by atoms with Gasteiger partial charge in [0, 0.05) is 23.0 Å². The van der Waals surface area contributed by atoms with E-state index in [1.54, 1.807) is 0 Å². The first-order chi connectivity index (χ1) is 11.4. The number of phenolic OH excluding ortho intramolecular Hbond substituents is 1. The van der Waals surface area contributed by atoms with Crippen LogP contribution in [0, 0.1) is 11.2 Å². The second kappa shape index (κ2) is 7.68. The smallest absolute Gasteiger partial charge is 0.123 e. The fourth-order valence-electron chi connectivity index (χ4n) is 2.35. The summed E-state index contributed by atoms with van der Waals surface area (Å²) in [7, 11) is 0. The van der Waals surface area contributed by atoms with Crippen LogP contribution in [0.3, 0.4) is 0 Å². The lowest BCUT2D eigenvalue weighted by Gasteiger charge is -2.27. The molecule has 4 heteroatoms. The number of halogens is 1. The Bertz CT molecular complexity index is 667. The van der Waals surface area contributed by atoms with E-state index in [-0.39, 0.29) is 16.6 Å². The van der Waals surface area contributed by atoms with E-state index in [9.17, 15) is 9.50 Å². The highest BCUT2D eigenvalue weighted by Gasteiger charge is 2.26. The van der Waals surface area contributed by atoms with E-state index in [1.165, 1.54) is 30.5 Å². The summed E-state index contributed by atoms with van der Waals surface area (Å²) in [5.74, 6) is 0.120. The van der Waals surface area contributed by atoms with Crippen molar-refractivity contribution in [3.05, 3.63) is 58.9 Å². The van der Waals surface area contributed by atoms with Gasteiger partial charge in [-0.25, -0.2) is 4.39 Å². The summed E-state index contributed by atoms with van der Waals surface area (Å²) in [4.78, 5) is 0. The van der Waals surface area contributed by atoms with Crippen molar-refractivity contribution >= 4 is 11.9 Å². The van der Waals surface area contributed by atoms with E-state index in [0.717, 1.165) is 16.7 Å². The molecule has 0 saturated heterocycles. The largest absolute Gasteiger partial charge is 0.507 e. The van der Waals surface area contributed by atoms with Crippen LogP contribution in [0.1, 0.15) is 58.2 Å². The average Bonchev–Trinajstić information content (AvgIpc) is 2.49. The Balaban J connectivity index is 0.000000324. The van der Waals surface area contributed by atoms with Gasteiger partial charge < -0.3 is 16.2 Å². The first kappa shape index (κ1) is 20.7. The summed E-state index contributed by atoms with van der Waals surface area (Å²) in [6, 6.07) is 9.50. The Labute approximate surface area is 150 Å². The van der Waals surface area contributed by atoms with E-state index in [2.05, 4.69) is 41.5 Å². The topological polar surface area (TPSA) is 70.1 Å². The zero-order valence-electron chi connectivity index (χ0n) is 15.9. The van der Waals surface area contributed by atoms with Crippen molar-refractivity contribution in [1.29, 1.82) is 5.41 Å². The molecule has 0 atom stereocenters. The molecule has 0 amide bonds. The van der Waals surface area contributed by atoms with Crippen LogP contribution in [0.4, 0.5) is 10.1 Å². The maximum atomic E-state index is 12.0. The van der Waals surface area contributed by atoms with Gasteiger partial charge in [0.05, 0.1) is 0 Å². The molecule has 2 aromatic carbocycles. The summed E-state index contributed by atoms with van der Waals surface area (Å²) < 4.78 is 12.0. The molecule has 0 heterocycles. The van der Waals surface area contributed by atoms with Crippen molar-refractivity contribution in [3.63, 3.8) is 0 Å². The number of nitrogen functional groups attached to an aromatic ring is 1. The summed E-state index contributed by atoms with van der Waals surface area (Å²) in [6.45, 7) is 12.4. The monoisotopic (exact) mass is 344 g/mol. The normalized spacial score (nSPS) is 11.5. The Morgan fingerprint density at radius 2 is 1.32 bits per heavy atom. The molecular weight excluding hydrogens is 315 g/mol. The van der Waals surface area contributed by atoms with Crippen LogP contribution < -0.4 is 5.73 Å². The third kappa shape index (κ3) is 5.89. The molecule has 2 rings (SSSR count). The molecule has 0 radical (unpaired) electrons. The maximum Gasteiger partial charge on any atom is 0.123 e. The van der Waals surface area contributed by atoms with Crippen molar-refractivity contribution in [3.8, 4) is 5.75 Å². The number of hydrogen-bond acceptors (Lipinski definition) is 3. The molecule has 0 unspecified atom stereocenters. The predicted molar refractivity (Wildman–Crippen MR) is 104 cm³/mol. The Morgan fingerprint density at radius 1 is 0.920 bits per heavy atom. The molecule has 0 bridgehead atoms. The van der Waals surface area contributed by atoms with Crippen molar-refractivity contribution < 1.29 is 9.50 Å². The van der Waals surface area contributed by atoms with Crippen LogP contribution in [-0.2, 0) is 10.8 Å². The molecule has 0 spiro atoms. The van der Waals surface area contributed by atoms with E-state index in [1.807, 2.05) is 12.1 Å². The number of benzene rings is 2. The highest BCUT2D eigenvalue weighted by atomic mass is 19.1. The lowest BCUT2D eigenvalue weighted by Crippen LogP contribution is -2.17. The summed E-state index contributed by atoms with van der Waals surface area (Å²) >= 11 is 0. The maximum absolute atomic E-state index is 12.0. The van der Waals surface area contributed by atoms with Crippen molar-refractivity contribution in [1.82, 2.24) is 0 Å². The van der Waals surface area contributed by atoms with E-state index >= 15 is 0 Å². The Kier molecular flexibility index (Phi) is 6.36. The Hall–Kier alpha value is -2.36. The number of hydrogen-bond donors (Lipinski definition) is 3. The van der Waals surface area contributed by atoms with Gasteiger partial charge in [-0.1, -0.05) is 41.5 Å². The molecule has 0 aliphatic rings. The van der Waals surface area contributed by atoms with Crippen molar-refractivity contribution in [2.75, 3.05) is 5.73 Å². The van der Waals surface area contributed by atoms with E-state index < -0.39 is 0 Å². The zero-order chi connectivity index (χ0) is 19.4. The Morgan fingerprint density at radius 3 is 1.60 bits per heavy atom. The van der Waals surface area contributed by atoms with Gasteiger partial charge in [-0.2, -0.15) is 0 Å². The van der Waals surface area contributed by atoms with Gasteiger partial charge in [0.1, 0.15) is 11.6 Å². The molecule has 0 aliphatic carbocycles. The molecule has 0 fully saturated rings. The third-order valence-electron chi connectivity index (χ3n) is 3.78. The van der Waals surface area contributed by atoms with Gasteiger partial charge in [0.25, 0.3) is 0 Å². The second-order valence-corrected chi connectivity index (χ2v) is 8.16. The molecule has 3 nitrogen and oxygen atoms in total. The molecule has 2 aromatic rings. The van der Waals surface area contributed by atoms with Crippen LogP contribution in [0.25, 0.3) is 0 Å². The number of nitrogens with one attached hydrogen (secondary N) is 1. The van der Waals surface area contributed by atoms with Gasteiger partial charge in [-0.15, -0.1) is 0 Å². The van der Waals surface area contributed by atoms with Crippen LogP contribution in [0.5, 0.6) is 5.75 Å². The van der Waals surface area contributed by atoms with Crippen LogP contribution in [-0.4, -0.2) is 11.3 Å². The number of phenols is 1. The van der Waals surface area contributed by atoms with Crippen LogP contribution >= 0.6 is 0 Å². The lowest BCUT2D eigenvalue weighted by molar-refractivity contribution is 0.423. The number of aromatic hydroxyl groups is 1. The molecule has 136 valence electrons. The van der Waals surface area contributed by atoms with Gasteiger partial charge in [-0.3, -0.25) is 0 Å². The molecular formula is C21H29FN2O. The van der Waals surface area contributed by atoms with Gasteiger partial charge in [0.2, 0.25) is 0 Å². The molecule has 25 heavy (non-hydrogen) atoms. The number of rotatable bonds is 1. The first-order valence-corrected chi connectivity index (χ1v) is 8.25. The van der Waals surface area contributed by atoms with Crippen LogP contribution in [0.2, 0.25) is 0 Å². The first-order valence-electron chi connectivity index (χ1n) is 8.25. The predicted octanol–water partition coefficient (Wildman–Crippen LogP) is 5.39. The van der Waals surface area contributed by atoms with Crippen LogP contribution in [0.15, 0.2) is 36.4 Å². The summed E-state index contributed by atoms with van der Waals surface area (Å²) in [6.07, 6.45) is 1.34. The minimum atomic E-state index is -0.251. The van der Waals surface area contributed by atoms with E-state index in [4.69, 9.17) is 11.1 Å². The highest BCUT2D eigenvalue weighted by molar-refractivity contribution is 5.79. The van der Waals surface area contributed by atoms with Gasteiger partial charge in [-0.05, 0) is 52.8 Å². The minimum Gasteiger partial charge on any atom is -0.507 e. The van der Waals surface area contributed by atoms with Gasteiger partial charge in [0.15, 0.2) is 0 Å². The quantitative estimate of drug-likeness (QED) is 0.479. The van der Waals surface area contributed by atoms with Crippen molar-refractivity contribution in [2.45, 2.75) is 52.4 Å². The second-order valence-electron chi connectivity index (χ2n) is 8.16. The summed E-state index contributed by atoms with van der Waals surface area (Å²) in [5, 5.41) is 17.8. The molecule has 0 aliphatic heterocycles. The van der Waals surface area contributed by atoms with Gasteiger partial charge >= 0.3 is 0 Å². The molecule has 0 aromatic heterocycles. The fourth-order valence-corrected chi connectivity index (χ4v) is 2.35. The third-order valence-corrected chi connectivity index (χ3v) is 3.78. The minimum absolute atomic E-state index is 0.122. The average molecular weight is 344 g/mol. The number of anilines is 1. The fraction of sp³-hybridized carbons (Fsp3) is 0.381. The highest BCUT2D eigenvalue weighted by Crippen LogP contribution is 2.39. The van der Waals surface area contributed by atoms with Crippen molar-refractivity contribution in [2.24, 2.45) is 0 Å². The standard InChI is InChI=1S/C15H23NO.C6H6FN/c1-14(2,3)11-7-10(9-16)8-12(13(11)17)15(4,5)6;7-5-1-3-6(8)4-2-5/h7-9,16-17H,1-6H3;1-4H,8H2. The molecule has 4 N–H and O–H groups in total. The number of nitrogens with two attached hydrogens (primary N) is 1. The lowest BCUT2D eigenvalue weighted by atomic mass is 9.78. The van der Waals surface area contributed by atoms with E-state index in [0.29, 0.717) is 11.4 Å². The zero-order valence-corrected chi connectivity index (χ0v) is 15.9.